The van der Waals surface area contributed by atoms with Crippen LogP contribution < -0.4 is 10.5 Å². The molecule has 1 unspecified atom stereocenters. The fourth-order valence-electron chi connectivity index (χ4n) is 0.873. The number of rotatable bonds is 3. The summed E-state index contributed by atoms with van der Waals surface area (Å²) in [5, 5.41) is 0. The maximum atomic E-state index is 13.0. The number of hydrogen-bond donors (Lipinski definition) is 2. The molecule has 0 fully saturated rings. The van der Waals surface area contributed by atoms with Gasteiger partial charge in [-0.15, -0.1) is 0 Å². The Balaban J connectivity index is 2.89. The van der Waals surface area contributed by atoms with Crippen LogP contribution in [0.25, 0.3) is 0 Å². The van der Waals surface area contributed by atoms with Gasteiger partial charge in [-0.25, -0.2) is 4.39 Å². The number of anilines is 1. The van der Waals surface area contributed by atoms with Crippen molar-refractivity contribution in [1.82, 2.24) is 0 Å². The molecule has 0 heterocycles. The second-order valence-electron chi connectivity index (χ2n) is 2.35. The second-order valence-corrected chi connectivity index (χ2v) is 3.02. The maximum Gasteiger partial charge on any atom is 0.129 e. The molecule has 0 amide bonds. The average Bonchev–Trinajstić information content (AvgIpc) is 2.03. The molecule has 6 heteroatoms. The molecule has 72 valence electrons. The number of nitrogens with two attached hydrogens (primary N) is 1. The van der Waals surface area contributed by atoms with E-state index in [-0.39, 0.29) is 12.2 Å². The molecule has 1 atom stereocenters. The Morgan fingerprint density at radius 3 is 2.77 bits per heavy atom. The molecular formula is C7H8FN2O2S-. The van der Waals surface area contributed by atoms with Gasteiger partial charge in [-0.3, -0.25) is 4.21 Å². The lowest BCUT2D eigenvalue weighted by Crippen LogP contribution is -2.04. The van der Waals surface area contributed by atoms with E-state index >= 15 is 0 Å². The van der Waals surface area contributed by atoms with Gasteiger partial charge in [0.25, 0.3) is 0 Å². The lowest BCUT2D eigenvalue weighted by atomic mass is 10.2. The summed E-state index contributed by atoms with van der Waals surface area (Å²) in [6.45, 7) is 0.0899. The van der Waals surface area contributed by atoms with Gasteiger partial charge < -0.3 is 15.0 Å². The highest BCUT2D eigenvalue weighted by Gasteiger charge is 2.00. The lowest BCUT2D eigenvalue weighted by Gasteiger charge is -2.09. The summed E-state index contributed by atoms with van der Waals surface area (Å²) in [5.41, 5.74) is 5.75. The Hall–Kier alpha value is -0.980. The van der Waals surface area contributed by atoms with E-state index in [4.69, 9.17) is 5.73 Å². The zero-order valence-corrected chi connectivity index (χ0v) is 7.44. The molecule has 13 heavy (non-hydrogen) atoms. The largest absolute Gasteiger partial charge is 0.755 e. The lowest BCUT2D eigenvalue weighted by molar-refractivity contribution is 0.542. The van der Waals surface area contributed by atoms with Crippen molar-refractivity contribution < 1.29 is 13.2 Å². The minimum atomic E-state index is -2.43. The first-order valence-corrected chi connectivity index (χ1v) is 4.55. The Morgan fingerprint density at radius 2 is 2.31 bits per heavy atom. The third-order valence-corrected chi connectivity index (χ3v) is 1.88. The van der Waals surface area contributed by atoms with E-state index in [1.165, 1.54) is 12.1 Å². The van der Waals surface area contributed by atoms with Gasteiger partial charge in [-0.1, -0.05) is 6.07 Å². The molecule has 0 saturated carbocycles. The molecular weight excluding hydrogens is 195 g/mol. The van der Waals surface area contributed by atoms with Crippen LogP contribution in [0, 0.1) is 5.82 Å². The molecule has 0 bridgehead atoms. The van der Waals surface area contributed by atoms with Crippen LogP contribution in [0.3, 0.4) is 0 Å². The topological polar surface area (TPSA) is 78.2 Å². The zero-order chi connectivity index (χ0) is 9.84. The normalized spacial score (nSPS) is 12.5. The van der Waals surface area contributed by atoms with Gasteiger partial charge in [0.2, 0.25) is 0 Å². The van der Waals surface area contributed by atoms with Crippen molar-refractivity contribution in [3.8, 4) is 0 Å². The van der Waals surface area contributed by atoms with Crippen molar-refractivity contribution in [2.24, 2.45) is 5.73 Å². The zero-order valence-electron chi connectivity index (χ0n) is 6.62. The molecule has 4 nitrogen and oxygen atoms in total. The monoisotopic (exact) mass is 203 g/mol. The van der Waals surface area contributed by atoms with E-state index < -0.39 is 17.1 Å². The summed E-state index contributed by atoms with van der Waals surface area (Å²) in [5.74, 6) is -0.516. The summed E-state index contributed by atoms with van der Waals surface area (Å²) in [4.78, 5) is 0. The van der Waals surface area contributed by atoms with Gasteiger partial charge in [0.15, 0.2) is 0 Å². The van der Waals surface area contributed by atoms with Crippen molar-refractivity contribution in [3.63, 3.8) is 0 Å². The number of halogens is 1. The highest BCUT2D eigenvalue weighted by molar-refractivity contribution is 7.80. The summed E-state index contributed by atoms with van der Waals surface area (Å²) >= 11 is -2.43. The van der Waals surface area contributed by atoms with E-state index in [1.54, 1.807) is 0 Å². The van der Waals surface area contributed by atoms with E-state index in [0.717, 1.165) is 6.07 Å². The van der Waals surface area contributed by atoms with Gasteiger partial charge in [0, 0.05) is 29.1 Å². The van der Waals surface area contributed by atoms with Gasteiger partial charge in [-0.05, 0) is 12.1 Å². The van der Waals surface area contributed by atoms with Gasteiger partial charge in [0.05, 0.1) is 0 Å². The van der Waals surface area contributed by atoms with Crippen molar-refractivity contribution in [2.45, 2.75) is 6.54 Å². The van der Waals surface area contributed by atoms with Crippen LogP contribution in [-0.2, 0) is 17.8 Å². The fraction of sp³-hybridized carbons (Fsp3) is 0.143. The SMILES string of the molecule is NCc1ccc(NS(=O)[O-])cc1F. The summed E-state index contributed by atoms with van der Waals surface area (Å²) < 4.78 is 35.4. The Bertz CT molecular complexity index is 332. The van der Waals surface area contributed by atoms with Gasteiger partial charge >= 0.3 is 0 Å². The number of hydrogen-bond acceptors (Lipinski definition) is 3. The second kappa shape index (κ2) is 4.31. The summed E-state index contributed by atoms with van der Waals surface area (Å²) in [6, 6.07) is 3.96. The van der Waals surface area contributed by atoms with E-state index in [0.29, 0.717) is 5.56 Å². The minimum Gasteiger partial charge on any atom is -0.755 e. The van der Waals surface area contributed by atoms with Gasteiger partial charge in [-0.2, -0.15) is 0 Å². The van der Waals surface area contributed by atoms with Crippen LogP contribution in [0.5, 0.6) is 0 Å². The molecule has 3 N–H and O–H groups in total. The van der Waals surface area contributed by atoms with Crippen molar-refractivity contribution >= 4 is 17.0 Å². The molecule has 0 saturated heterocycles. The molecule has 1 aromatic rings. The molecule has 0 aliphatic heterocycles. The molecule has 1 rings (SSSR count). The molecule has 0 aliphatic carbocycles. The minimum absolute atomic E-state index is 0.0899. The first-order chi connectivity index (χ1) is 6.13. The fourth-order valence-corrected chi connectivity index (χ4v) is 1.19. The van der Waals surface area contributed by atoms with E-state index in [9.17, 15) is 13.2 Å². The first kappa shape index (κ1) is 10.1. The molecule has 0 radical (unpaired) electrons. The van der Waals surface area contributed by atoms with Crippen LogP contribution in [0.15, 0.2) is 18.2 Å². The summed E-state index contributed by atoms with van der Waals surface area (Å²) in [6.07, 6.45) is 0. The van der Waals surface area contributed by atoms with Gasteiger partial charge in [0.1, 0.15) is 5.82 Å². The van der Waals surface area contributed by atoms with Crippen LogP contribution >= 0.6 is 0 Å². The van der Waals surface area contributed by atoms with Crippen LogP contribution in [0.2, 0.25) is 0 Å². The highest BCUT2D eigenvalue weighted by atomic mass is 32.2. The Kier molecular flexibility index (Phi) is 3.35. The Morgan fingerprint density at radius 1 is 1.62 bits per heavy atom. The molecule has 0 spiro atoms. The quantitative estimate of drug-likeness (QED) is 0.702. The predicted molar refractivity (Wildman–Crippen MR) is 46.8 cm³/mol. The van der Waals surface area contributed by atoms with Crippen molar-refractivity contribution in [1.29, 1.82) is 0 Å². The van der Waals surface area contributed by atoms with Crippen LogP contribution in [0.4, 0.5) is 10.1 Å². The summed E-state index contributed by atoms with van der Waals surface area (Å²) in [7, 11) is 0. The van der Waals surface area contributed by atoms with Crippen molar-refractivity contribution in [3.05, 3.63) is 29.6 Å². The van der Waals surface area contributed by atoms with Crippen LogP contribution in [0.1, 0.15) is 5.56 Å². The third kappa shape index (κ3) is 2.76. The third-order valence-electron chi connectivity index (χ3n) is 1.47. The standard InChI is InChI=1S/C7H9FN2O2S/c8-7-3-6(10-13(11)12)2-1-5(7)4-9/h1-3,10H,4,9H2,(H,11,12)/p-1. The molecule has 1 aromatic carbocycles. The van der Waals surface area contributed by atoms with E-state index in [2.05, 4.69) is 0 Å². The Labute approximate surface area is 77.4 Å². The number of nitrogens with one attached hydrogen (secondary N) is 1. The first-order valence-electron chi connectivity index (χ1n) is 3.48. The van der Waals surface area contributed by atoms with Crippen molar-refractivity contribution in [2.75, 3.05) is 4.72 Å². The maximum absolute atomic E-state index is 13.0. The van der Waals surface area contributed by atoms with E-state index in [1.807, 2.05) is 4.72 Å². The molecule has 0 aliphatic rings. The average molecular weight is 203 g/mol. The van der Waals surface area contributed by atoms with Crippen LogP contribution in [-0.4, -0.2) is 8.76 Å². The smallest absolute Gasteiger partial charge is 0.129 e. The predicted octanol–water partition coefficient (Wildman–Crippen LogP) is 0.490. The number of benzene rings is 1. The molecule has 0 aromatic heterocycles. The highest BCUT2D eigenvalue weighted by Crippen LogP contribution is 2.14.